The molecule has 5 nitrogen and oxygen atoms in total. The Hall–Kier alpha value is -0.790. The zero-order valence-corrected chi connectivity index (χ0v) is 14.0. The lowest BCUT2D eigenvalue weighted by Gasteiger charge is -2.24. The fraction of sp³-hybridized carbons (Fsp3) is 0.500. The van der Waals surface area contributed by atoms with E-state index in [1.54, 1.807) is 4.90 Å². The Labute approximate surface area is 125 Å². The molecule has 0 aromatic heterocycles. The molecule has 0 aliphatic rings. The Bertz CT molecular complexity index is 683. The van der Waals surface area contributed by atoms with Crippen molar-refractivity contribution in [3.05, 3.63) is 18.2 Å². The molecule has 1 aromatic rings. The standard InChI is InChI=1S/C12H18ClNO4S2/c1-4-14(8-7-13)11-6-5-10(19(2,15)16)9-12(11)20(3,17)18/h5-6,9H,4,7-8H2,1-3H3. The average Bonchev–Trinajstić information content (AvgIpc) is 2.33. The van der Waals surface area contributed by atoms with Crippen LogP contribution in [0.4, 0.5) is 5.69 Å². The number of nitrogens with zero attached hydrogens (tertiary/aromatic N) is 1. The largest absolute Gasteiger partial charge is 0.370 e. The van der Waals surface area contributed by atoms with Gasteiger partial charge in [0, 0.05) is 31.5 Å². The van der Waals surface area contributed by atoms with E-state index in [0.717, 1.165) is 12.5 Å². The summed E-state index contributed by atoms with van der Waals surface area (Å²) in [5.41, 5.74) is 0.475. The molecule has 0 aliphatic carbocycles. The van der Waals surface area contributed by atoms with Crippen molar-refractivity contribution in [1.29, 1.82) is 0 Å². The SMILES string of the molecule is CCN(CCCl)c1ccc(S(C)(=O)=O)cc1S(C)(=O)=O. The van der Waals surface area contributed by atoms with E-state index in [9.17, 15) is 16.8 Å². The molecule has 0 unspecified atom stereocenters. The first kappa shape index (κ1) is 17.3. The van der Waals surface area contributed by atoms with Gasteiger partial charge in [0.25, 0.3) is 0 Å². The number of halogens is 1. The van der Waals surface area contributed by atoms with Crippen molar-refractivity contribution in [3.63, 3.8) is 0 Å². The normalized spacial score (nSPS) is 12.4. The molecule has 0 spiro atoms. The molecule has 0 fully saturated rings. The lowest BCUT2D eigenvalue weighted by atomic mass is 10.3. The summed E-state index contributed by atoms with van der Waals surface area (Å²) in [4.78, 5) is 1.80. The summed E-state index contributed by atoms with van der Waals surface area (Å²) >= 11 is 5.71. The summed E-state index contributed by atoms with van der Waals surface area (Å²) in [6, 6.07) is 4.13. The molecular weight excluding hydrogens is 322 g/mol. The molecule has 0 bridgehead atoms. The predicted octanol–water partition coefficient (Wildman–Crippen LogP) is 1.56. The minimum atomic E-state index is -3.54. The zero-order valence-electron chi connectivity index (χ0n) is 11.6. The van der Waals surface area contributed by atoms with Gasteiger partial charge in [-0.25, -0.2) is 16.8 Å². The third kappa shape index (κ3) is 4.10. The monoisotopic (exact) mass is 339 g/mol. The highest BCUT2D eigenvalue weighted by atomic mass is 35.5. The second-order valence-electron chi connectivity index (χ2n) is 4.44. The first-order valence-electron chi connectivity index (χ1n) is 5.96. The molecule has 0 amide bonds. The maximum Gasteiger partial charge on any atom is 0.177 e. The van der Waals surface area contributed by atoms with E-state index in [2.05, 4.69) is 0 Å². The van der Waals surface area contributed by atoms with Crippen LogP contribution in [-0.4, -0.2) is 48.3 Å². The summed E-state index contributed by atoms with van der Waals surface area (Å²) in [5, 5.41) is 0. The van der Waals surface area contributed by atoms with E-state index >= 15 is 0 Å². The van der Waals surface area contributed by atoms with Gasteiger partial charge < -0.3 is 4.90 Å². The molecular formula is C12H18ClNO4S2. The van der Waals surface area contributed by atoms with Crippen LogP contribution in [0.2, 0.25) is 0 Å². The summed E-state index contributed by atoms with van der Waals surface area (Å²) in [6.45, 7) is 2.94. The Morgan fingerprint density at radius 1 is 1.10 bits per heavy atom. The molecule has 1 aromatic carbocycles. The molecule has 1 rings (SSSR count). The molecule has 0 saturated carbocycles. The number of sulfone groups is 2. The van der Waals surface area contributed by atoms with Gasteiger partial charge in [0.05, 0.1) is 15.5 Å². The number of rotatable bonds is 6. The van der Waals surface area contributed by atoms with Crippen LogP contribution in [-0.2, 0) is 19.7 Å². The van der Waals surface area contributed by atoms with Crippen LogP contribution in [0, 0.1) is 0 Å². The van der Waals surface area contributed by atoms with Gasteiger partial charge in [0.1, 0.15) is 0 Å². The van der Waals surface area contributed by atoms with Gasteiger partial charge in [-0.2, -0.15) is 0 Å². The summed E-state index contributed by atoms with van der Waals surface area (Å²) in [5.74, 6) is 0.352. The third-order valence-electron chi connectivity index (χ3n) is 2.84. The van der Waals surface area contributed by atoms with Crippen LogP contribution in [0.15, 0.2) is 28.0 Å². The Morgan fingerprint density at radius 3 is 2.10 bits per heavy atom. The molecule has 20 heavy (non-hydrogen) atoms. The summed E-state index contributed by atoms with van der Waals surface area (Å²) in [6.07, 6.45) is 2.11. The number of benzene rings is 1. The molecule has 0 aliphatic heterocycles. The fourth-order valence-corrected chi connectivity index (χ4v) is 3.68. The highest BCUT2D eigenvalue weighted by molar-refractivity contribution is 7.91. The topological polar surface area (TPSA) is 71.5 Å². The highest BCUT2D eigenvalue weighted by Gasteiger charge is 2.20. The quantitative estimate of drug-likeness (QED) is 0.735. The van der Waals surface area contributed by atoms with E-state index in [1.165, 1.54) is 18.2 Å². The van der Waals surface area contributed by atoms with Crippen LogP contribution in [0.5, 0.6) is 0 Å². The van der Waals surface area contributed by atoms with Crippen LogP contribution in [0.3, 0.4) is 0 Å². The van der Waals surface area contributed by atoms with Gasteiger partial charge in [0.2, 0.25) is 0 Å². The van der Waals surface area contributed by atoms with Crippen LogP contribution < -0.4 is 4.90 Å². The van der Waals surface area contributed by atoms with E-state index in [1.807, 2.05) is 6.92 Å². The lowest BCUT2D eigenvalue weighted by molar-refractivity contribution is 0.600. The average molecular weight is 340 g/mol. The smallest absolute Gasteiger partial charge is 0.177 e. The highest BCUT2D eigenvalue weighted by Crippen LogP contribution is 2.28. The fourth-order valence-electron chi connectivity index (χ4n) is 1.83. The molecule has 0 heterocycles. The van der Waals surface area contributed by atoms with Crippen LogP contribution in [0.1, 0.15) is 6.92 Å². The predicted molar refractivity (Wildman–Crippen MR) is 81.3 cm³/mol. The van der Waals surface area contributed by atoms with E-state index in [4.69, 9.17) is 11.6 Å². The van der Waals surface area contributed by atoms with Crippen LogP contribution >= 0.6 is 11.6 Å². The van der Waals surface area contributed by atoms with Gasteiger partial charge >= 0.3 is 0 Å². The Kier molecular flexibility index (Phi) is 5.46. The second kappa shape index (κ2) is 6.32. The van der Waals surface area contributed by atoms with Gasteiger partial charge in [0.15, 0.2) is 19.7 Å². The second-order valence-corrected chi connectivity index (χ2v) is 8.82. The minimum absolute atomic E-state index is 0.00684. The van der Waals surface area contributed by atoms with Crippen molar-refractivity contribution in [1.82, 2.24) is 0 Å². The molecule has 8 heteroatoms. The minimum Gasteiger partial charge on any atom is -0.370 e. The van der Waals surface area contributed by atoms with Crippen LogP contribution in [0.25, 0.3) is 0 Å². The third-order valence-corrected chi connectivity index (χ3v) is 5.24. The zero-order chi connectivity index (χ0) is 15.6. The molecule has 0 radical (unpaired) electrons. The van der Waals surface area contributed by atoms with E-state index < -0.39 is 19.7 Å². The number of hydrogen-bond donors (Lipinski definition) is 0. The van der Waals surface area contributed by atoms with Gasteiger partial charge in [-0.15, -0.1) is 11.6 Å². The van der Waals surface area contributed by atoms with Crippen molar-refractivity contribution >= 4 is 37.0 Å². The first-order valence-corrected chi connectivity index (χ1v) is 10.3. The van der Waals surface area contributed by atoms with Crippen molar-refractivity contribution in [3.8, 4) is 0 Å². The number of anilines is 1. The van der Waals surface area contributed by atoms with Gasteiger partial charge in [-0.1, -0.05) is 0 Å². The molecule has 114 valence electrons. The first-order chi connectivity index (χ1) is 9.11. The lowest BCUT2D eigenvalue weighted by Crippen LogP contribution is -2.26. The van der Waals surface area contributed by atoms with Crippen molar-refractivity contribution in [2.45, 2.75) is 16.7 Å². The molecule has 0 saturated heterocycles. The van der Waals surface area contributed by atoms with E-state index in [0.29, 0.717) is 24.7 Å². The Balaban J connectivity index is 3.54. The van der Waals surface area contributed by atoms with Gasteiger partial charge in [-0.05, 0) is 25.1 Å². The Morgan fingerprint density at radius 2 is 1.70 bits per heavy atom. The number of hydrogen-bond acceptors (Lipinski definition) is 5. The van der Waals surface area contributed by atoms with Crippen molar-refractivity contribution in [2.24, 2.45) is 0 Å². The number of alkyl halides is 1. The summed E-state index contributed by atoms with van der Waals surface area (Å²) in [7, 11) is -6.99. The van der Waals surface area contributed by atoms with Crippen molar-refractivity contribution < 1.29 is 16.8 Å². The van der Waals surface area contributed by atoms with Crippen molar-refractivity contribution in [2.75, 3.05) is 36.4 Å². The van der Waals surface area contributed by atoms with Gasteiger partial charge in [-0.3, -0.25) is 0 Å². The van der Waals surface area contributed by atoms with E-state index in [-0.39, 0.29) is 9.79 Å². The summed E-state index contributed by atoms with van der Waals surface area (Å²) < 4.78 is 46.9. The maximum absolute atomic E-state index is 11.9. The molecule has 0 N–H and O–H groups in total. The maximum atomic E-state index is 11.9. The molecule has 0 atom stereocenters.